The Morgan fingerprint density at radius 3 is 2.95 bits per heavy atom. The Morgan fingerprint density at radius 1 is 1.35 bits per heavy atom. The highest BCUT2D eigenvalue weighted by Crippen LogP contribution is 2.15. The number of aromatic nitrogens is 1. The monoisotopic (exact) mass is 296 g/mol. The number of benzene rings is 1. The molecule has 0 aliphatic heterocycles. The molecule has 6 heteroatoms. The molecule has 0 aliphatic carbocycles. The van der Waals surface area contributed by atoms with Gasteiger partial charge in [-0.15, -0.1) is 0 Å². The summed E-state index contributed by atoms with van der Waals surface area (Å²) in [6.45, 7) is 1.62. The summed E-state index contributed by atoms with van der Waals surface area (Å²) >= 11 is 6.01. The molecule has 5 nitrogen and oxygen atoms in total. The molecule has 0 spiro atoms. The third-order valence-electron chi connectivity index (χ3n) is 2.70. The topological polar surface area (TPSA) is 67.5 Å². The number of halogens is 1. The first-order valence-corrected chi connectivity index (χ1v) is 6.72. The summed E-state index contributed by atoms with van der Waals surface area (Å²) in [6, 6.07) is 9.26. The van der Waals surface area contributed by atoms with Crippen molar-refractivity contribution in [3.8, 4) is 0 Å². The van der Waals surface area contributed by atoms with E-state index in [1.54, 1.807) is 6.07 Å². The third kappa shape index (κ3) is 4.94. The molecule has 2 aromatic rings. The van der Waals surface area contributed by atoms with Crippen molar-refractivity contribution in [1.82, 2.24) is 10.5 Å². The normalized spacial score (nSPS) is 12.5. The molecule has 0 amide bonds. The molecule has 20 heavy (non-hydrogen) atoms. The van der Waals surface area contributed by atoms with Crippen LogP contribution in [-0.2, 0) is 17.9 Å². The summed E-state index contributed by atoms with van der Waals surface area (Å²) in [4.78, 5) is 0. The van der Waals surface area contributed by atoms with E-state index in [1.807, 2.05) is 24.3 Å². The van der Waals surface area contributed by atoms with Crippen LogP contribution in [0.2, 0.25) is 5.02 Å². The summed E-state index contributed by atoms with van der Waals surface area (Å²) in [7, 11) is 0. The third-order valence-corrected chi connectivity index (χ3v) is 3.07. The molecule has 0 saturated heterocycles. The van der Waals surface area contributed by atoms with Gasteiger partial charge in [-0.25, -0.2) is 0 Å². The lowest BCUT2D eigenvalue weighted by atomic mass is 10.2. The summed E-state index contributed by atoms with van der Waals surface area (Å²) in [5, 5.41) is 17.3. The van der Waals surface area contributed by atoms with E-state index in [0.717, 1.165) is 11.3 Å². The number of aliphatic hydroxyl groups excluding tert-OH is 1. The number of hydrogen-bond donors (Lipinski definition) is 2. The maximum Gasteiger partial charge on any atom is 0.124 e. The molecule has 0 saturated carbocycles. The highest BCUT2D eigenvalue weighted by atomic mass is 35.5. The van der Waals surface area contributed by atoms with Crippen molar-refractivity contribution < 1.29 is 14.4 Å². The van der Waals surface area contributed by atoms with E-state index < -0.39 is 6.10 Å². The molecule has 1 aromatic heterocycles. The largest absolute Gasteiger partial charge is 0.389 e. The lowest BCUT2D eigenvalue weighted by Gasteiger charge is -2.12. The van der Waals surface area contributed by atoms with Crippen LogP contribution < -0.4 is 5.32 Å². The number of rotatable bonds is 8. The molecule has 0 fully saturated rings. The Bertz CT molecular complexity index is 505. The van der Waals surface area contributed by atoms with Crippen LogP contribution in [0.4, 0.5) is 0 Å². The predicted molar refractivity (Wildman–Crippen MR) is 75.3 cm³/mol. The van der Waals surface area contributed by atoms with Crippen molar-refractivity contribution in [3.63, 3.8) is 0 Å². The Labute approximate surface area is 122 Å². The van der Waals surface area contributed by atoms with E-state index in [-0.39, 0.29) is 6.61 Å². The molecule has 1 heterocycles. The van der Waals surface area contributed by atoms with Crippen molar-refractivity contribution in [2.75, 3.05) is 13.2 Å². The minimum atomic E-state index is -0.579. The second kappa shape index (κ2) is 8.01. The van der Waals surface area contributed by atoms with Gasteiger partial charge in [0.05, 0.1) is 25.0 Å². The van der Waals surface area contributed by atoms with Gasteiger partial charge in [0.15, 0.2) is 0 Å². The van der Waals surface area contributed by atoms with Crippen LogP contribution in [0.25, 0.3) is 0 Å². The Kier molecular flexibility index (Phi) is 6.01. The van der Waals surface area contributed by atoms with Crippen LogP contribution in [0.15, 0.2) is 41.1 Å². The molecular weight excluding hydrogens is 280 g/mol. The smallest absolute Gasteiger partial charge is 0.124 e. The Hall–Kier alpha value is -1.40. The minimum Gasteiger partial charge on any atom is -0.389 e. The summed E-state index contributed by atoms with van der Waals surface area (Å²) < 4.78 is 10.1. The lowest BCUT2D eigenvalue weighted by molar-refractivity contribution is 0.0287. The van der Waals surface area contributed by atoms with Crippen molar-refractivity contribution in [2.24, 2.45) is 0 Å². The van der Waals surface area contributed by atoms with Gasteiger partial charge in [0.1, 0.15) is 6.26 Å². The highest BCUT2D eigenvalue weighted by Gasteiger charge is 2.06. The number of aliphatic hydroxyl groups is 1. The van der Waals surface area contributed by atoms with Gasteiger partial charge in [0.2, 0.25) is 0 Å². The SMILES string of the molecule is OC(CNCc1ccon1)COCc1ccccc1Cl. The van der Waals surface area contributed by atoms with Gasteiger partial charge in [-0.3, -0.25) is 0 Å². The molecule has 1 aromatic carbocycles. The first-order valence-electron chi connectivity index (χ1n) is 6.35. The number of nitrogens with zero attached hydrogens (tertiary/aromatic N) is 1. The number of nitrogens with one attached hydrogen (secondary N) is 1. The number of ether oxygens (including phenoxy) is 1. The van der Waals surface area contributed by atoms with Crippen molar-refractivity contribution in [1.29, 1.82) is 0 Å². The van der Waals surface area contributed by atoms with E-state index in [1.165, 1.54) is 6.26 Å². The molecule has 108 valence electrons. The first-order chi connectivity index (χ1) is 9.75. The fourth-order valence-corrected chi connectivity index (χ4v) is 1.87. The van der Waals surface area contributed by atoms with E-state index in [9.17, 15) is 5.11 Å². The van der Waals surface area contributed by atoms with Crippen molar-refractivity contribution in [2.45, 2.75) is 19.3 Å². The van der Waals surface area contributed by atoms with Crippen LogP contribution >= 0.6 is 11.6 Å². The second-order valence-corrected chi connectivity index (χ2v) is 4.79. The van der Waals surface area contributed by atoms with Gasteiger partial charge < -0.3 is 19.7 Å². The van der Waals surface area contributed by atoms with E-state index in [2.05, 4.69) is 10.5 Å². The van der Waals surface area contributed by atoms with Gasteiger partial charge in [0.25, 0.3) is 0 Å². The van der Waals surface area contributed by atoms with Gasteiger partial charge in [-0.2, -0.15) is 0 Å². The van der Waals surface area contributed by atoms with Crippen LogP contribution in [-0.4, -0.2) is 29.5 Å². The predicted octanol–water partition coefficient (Wildman–Crippen LogP) is 2.00. The quantitative estimate of drug-likeness (QED) is 0.780. The molecule has 2 N–H and O–H groups in total. The molecule has 1 atom stereocenters. The fourth-order valence-electron chi connectivity index (χ4n) is 1.67. The summed E-state index contributed by atoms with van der Waals surface area (Å²) in [5.74, 6) is 0. The molecule has 0 radical (unpaired) electrons. The average Bonchev–Trinajstić information content (AvgIpc) is 2.94. The Morgan fingerprint density at radius 2 is 2.20 bits per heavy atom. The van der Waals surface area contributed by atoms with Crippen LogP contribution in [0.5, 0.6) is 0 Å². The zero-order valence-electron chi connectivity index (χ0n) is 11.0. The molecule has 1 unspecified atom stereocenters. The fraction of sp³-hybridized carbons (Fsp3) is 0.357. The van der Waals surface area contributed by atoms with Gasteiger partial charge in [0, 0.05) is 24.2 Å². The zero-order chi connectivity index (χ0) is 14.2. The highest BCUT2D eigenvalue weighted by molar-refractivity contribution is 6.31. The maximum atomic E-state index is 9.76. The zero-order valence-corrected chi connectivity index (χ0v) is 11.7. The number of hydrogen-bond acceptors (Lipinski definition) is 5. The Balaban J connectivity index is 1.60. The van der Waals surface area contributed by atoms with E-state index in [0.29, 0.717) is 24.7 Å². The molecule has 2 rings (SSSR count). The van der Waals surface area contributed by atoms with Crippen LogP contribution in [0.3, 0.4) is 0 Å². The standard InChI is InChI=1S/C14H17ClN2O3/c15-14-4-2-1-3-11(14)9-19-10-13(18)8-16-7-12-5-6-20-17-12/h1-6,13,16,18H,7-10H2. The van der Waals surface area contributed by atoms with E-state index >= 15 is 0 Å². The molecule has 0 aliphatic rings. The van der Waals surface area contributed by atoms with Crippen LogP contribution in [0, 0.1) is 0 Å². The van der Waals surface area contributed by atoms with Crippen LogP contribution in [0.1, 0.15) is 11.3 Å². The summed E-state index contributed by atoms with van der Waals surface area (Å²) in [6.07, 6.45) is 0.935. The summed E-state index contributed by atoms with van der Waals surface area (Å²) in [5.41, 5.74) is 1.71. The maximum absolute atomic E-state index is 9.76. The van der Waals surface area contributed by atoms with Crippen molar-refractivity contribution in [3.05, 3.63) is 52.9 Å². The molecule has 0 bridgehead atoms. The minimum absolute atomic E-state index is 0.247. The van der Waals surface area contributed by atoms with Gasteiger partial charge in [-0.05, 0) is 11.6 Å². The second-order valence-electron chi connectivity index (χ2n) is 4.38. The van der Waals surface area contributed by atoms with Gasteiger partial charge >= 0.3 is 0 Å². The van der Waals surface area contributed by atoms with E-state index in [4.69, 9.17) is 20.9 Å². The van der Waals surface area contributed by atoms with Gasteiger partial charge in [-0.1, -0.05) is 35.0 Å². The lowest BCUT2D eigenvalue weighted by Crippen LogP contribution is -2.30. The first kappa shape index (κ1) is 15.0. The molecular formula is C14H17ClN2O3. The van der Waals surface area contributed by atoms with Crippen molar-refractivity contribution >= 4 is 11.6 Å². The average molecular weight is 297 g/mol.